The van der Waals surface area contributed by atoms with Gasteiger partial charge in [0, 0.05) is 0 Å². The SMILES string of the molecule is CC#CCC(=O)OCC. The maximum Gasteiger partial charge on any atom is 0.317 e. The maximum atomic E-state index is 10.5. The molecule has 9 heavy (non-hydrogen) atoms. The molecular formula is C7H10O2. The van der Waals surface area contributed by atoms with Crippen LogP contribution in [0.3, 0.4) is 0 Å². The Morgan fingerprint density at radius 2 is 2.33 bits per heavy atom. The van der Waals surface area contributed by atoms with Crippen molar-refractivity contribution in [2.45, 2.75) is 20.3 Å². The van der Waals surface area contributed by atoms with Crippen LogP contribution in [0.4, 0.5) is 0 Å². The fourth-order valence-corrected chi connectivity index (χ4v) is 0.373. The molecule has 0 spiro atoms. The summed E-state index contributed by atoms with van der Waals surface area (Å²) in [6.07, 6.45) is 0.213. The summed E-state index contributed by atoms with van der Waals surface area (Å²) in [5, 5.41) is 0. The molecule has 0 bridgehead atoms. The van der Waals surface area contributed by atoms with Crippen molar-refractivity contribution >= 4 is 5.97 Å². The Hall–Kier alpha value is -0.970. The molecule has 0 heterocycles. The van der Waals surface area contributed by atoms with E-state index >= 15 is 0 Å². The number of hydrogen-bond acceptors (Lipinski definition) is 2. The van der Waals surface area contributed by atoms with Gasteiger partial charge in [-0.2, -0.15) is 0 Å². The van der Waals surface area contributed by atoms with E-state index in [-0.39, 0.29) is 12.4 Å². The van der Waals surface area contributed by atoms with Gasteiger partial charge in [0.2, 0.25) is 0 Å². The van der Waals surface area contributed by atoms with Crippen LogP contribution < -0.4 is 0 Å². The molecule has 2 nitrogen and oxygen atoms in total. The van der Waals surface area contributed by atoms with Gasteiger partial charge in [-0.3, -0.25) is 4.79 Å². The third-order valence-corrected chi connectivity index (χ3v) is 0.715. The van der Waals surface area contributed by atoms with Crippen molar-refractivity contribution in [1.82, 2.24) is 0 Å². The number of rotatable bonds is 2. The smallest absolute Gasteiger partial charge is 0.317 e. The summed E-state index contributed by atoms with van der Waals surface area (Å²) in [7, 11) is 0. The molecule has 2 heteroatoms. The van der Waals surface area contributed by atoms with Crippen molar-refractivity contribution in [1.29, 1.82) is 0 Å². The summed E-state index contributed by atoms with van der Waals surface area (Å²) >= 11 is 0. The monoisotopic (exact) mass is 126 g/mol. The first-order chi connectivity index (χ1) is 4.31. The van der Waals surface area contributed by atoms with E-state index in [1.54, 1.807) is 13.8 Å². The molecule has 0 aromatic carbocycles. The molecule has 0 aliphatic carbocycles. The van der Waals surface area contributed by atoms with Gasteiger partial charge in [-0.1, -0.05) is 5.92 Å². The van der Waals surface area contributed by atoms with Gasteiger partial charge in [0.1, 0.15) is 6.42 Å². The van der Waals surface area contributed by atoms with Gasteiger partial charge in [-0.05, 0) is 13.8 Å². The van der Waals surface area contributed by atoms with E-state index in [1.165, 1.54) is 0 Å². The summed E-state index contributed by atoms with van der Waals surface area (Å²) in [5.74, 6) is 4.97. The van der Waals surface area contributed by atoms with Crippen LogP contribution in [0.2, 0.25) is 0 Å². The summed E-state index contributed by atoms with van der Waals surface area (Å²) in [4.78, 5) is 10.5. The highest BCUT2D eigenvalue weighted by Crippen LogP contribution is 1.82. The van der Waals surface area contributed by atoms with Crippen molar-refractivity contribution in [3.05, 3.63) is 0 Å². The van der Waals surface area contributed by atoms with E-state index < -0.39 is 0 Å². The van der Waals surface area contributed by atoms with Crippen LogP contribution in [-0.4, -0.2) is 12.6 Å². The first kappa shape index (κ1) is 8.03. The van der Waals surface area contributed by atoms with Gasteiger partial charge >= 0.3 is 5.97 Å². The maximum absolute atomic E-state index is 10.5. The molecule has 0 aliphatic rings. The van der Waals surface area contributed by atoms with Crippen LogP contribution >= 0.6 is 0 Å². The van der Waals surface area contributed by atoms with Crippen molar-refractivity contribution in [3.8, 4) is 11.8 Å². The zero-order valence-electron chi connectivity index (χ0n) is 5.73. The molecule has 0 saturated carbocycles. The lowest BCUT2D eigenvalue weighted by Crippen LogP contribution is -2.01. The van der Waals surface area contributed by atoms with Crippen LogP contribution in [-0.2, 0) is 9.53 Å². The van der Waals surface area contributed by atoms with E-state index in [2.05, 4.69) is 16.6 Å². The van der Waals surface area contributed by atoms with E-state index in [9.17, 15) is 4.79 Å². The summed E-state index contributed by atoms with van der Waals surface area (Å²) in [5.41, 5.74) is 0. The molecule has 0 radical (unpaired) electrons. The van der Waals surface area contributed by atoms with E-state index in [4.69, 9.17) is 0 Å². The molecule has 0 aliphatic heterocycles. The predicted octanol–water partition coefficient (Wildman–Crippen LogP) is 0.963. The zero-order valence-corrected chi connectivity index (χ0v) is 5.73. The van der Waals surface area contributed by atoms with Crippen LogP contribution in [0.5, 0.6) is 0 Å². The predicted molar refractivity (Wildman–Crippen MR) is 34.7 cm³/mol. The Labute approximate surface area is 55.2 Å². The minimum atomic E-state index is -0.244. The number of carbonyl (C=O) groups is 1. The van der Waals surface area contributed by atoms with Gasteiger partial charge < -0.3 is 4.74 Å². The standard InChI is InChI=1S/C7H10O2/c1-3-5-6-7(8)9-4-2/h4,6H2,1-2H3. The van der Waals surface area contributed by atoms with Crippen LogP contribution in [0.15, 0.2) is 0 Å². The third-order valence-electron chi connectivity index (χ3n) is 0.715. The van der Waals surface area contributed by atoms with E-state index in [0.717, 1.165) is 0 Å². The lowest BCUT2D eigenvalue weighted by Gasteiger charge is -1.93. The highest BCUT2D eigenvalue weighted by atomic mass is 16.5. The second-order valence-electron chi connectivity index (χ2n) is 1.41. The highest BCUT2D eigenvalue weighted by Gasteiger charge is 1.94. The van der Waals surface area contributed by atoms with Crippen LogP contribution in [0, 0.1) is 11.8 Å². The molecule has 0 atom stereocenters. The molecule has 0 amide bonds. The van der Waals surface area contributed by atoms with Crippen molar-refractivity contribution < 1.29 is 9.53 Å². The minimum Gasteiger partial charge on any atom is -0.465 e. The molecule has 0 N–H and O–H groups in total. The van der Waals surface area contributed by atoms with Crippen LogP contribution in [0.25, 0.3) is 0 Å². The van der Waals surface area contributed by atoms with Crippen LogP contribution in [0.1, 0.15) is 20.3 Å². The normalized spacial score (nSPS) is 7.33. The zero-order chi connectivity index (χ0) is 7.11. The molecule has 0 aromatic rings. The van der Waals surface area contributed by atoms with E-state index in [0.29, 0.717) is 6.61 Å². The Kier molecular flexibility index (Phi) is 4.61. The number of esters is 1. The molecular weight excluding hydrogens is 116 g/mol. The highest BCUT2D eigenvalue weighted by molar-refractivity contribution is 5.72. The summed E-state index contributed by atoms with van der Waals surface area (Å²) in [6, 6.07) is 0. The minimum absolute atomic E-state index is 0.213. The second kappa shape index (κ2) is 5.17. The lowest BCUT2D eigenvalue weighted by molar-refractivity contribution is -0.141. The Balaban J connectivity index is 3.35. The van der Waals surface area contributed by atoms with Crippen molar-refractivity contribution in [2.24, 2.45) is 0 Å². The topological polar surface area (TPSA) is 26.3 Å². The summed E-state index contributed by atoms with van der Waals surface area (Å²) < 4.78 is 4.60. The van der Waals surface area contributed by atoms with Crippen molar-refractivity contribution in [2.75, 3.05) is 6.61 Å². The Morgan fingerprint density at radius 1 is 1.67 bits per heavy atom. The average Bonchev–Trinajstić information content (AvgIpc) is 1.85. The Morgan fingerprint density at radius 3 is 2.78 bits per heavy atom. The Bertz CT molecular complexity index is 139. The third kappa shape index (κ3) is 4.89. The molecule has 0 aromatic heterocycles. The summed E-state index contributed by atoms with van der Waals surface area (Å²) in [6.45, 7) is 3.90. The fraction of sp³-hybridized carbons (Fsp3) is 0.571. The molecule has 0 rings (SSSR count). The number of carbonyl (C=O) groups excluding carboxylic acids is 1. The molecule has 50 valence electrons. The fourth-order valence-electron chi connectivity index (χ4n) is 0.373. The second-order valence-corrected chi connectivity index (χ2v) is 1.41. The number of hydrogen-bond donors (Lipinski definition) is 0. The first-order valence-corrected chi connectivity index (χ1v) is 2.86. The lowest BCUT2D eigenvalue weighted by atomic mass is 10.4. The molecule has 0 saturated heterocycles. The quantitative estimate of drug-likeness (QED) is 0.407. The number of ether oxygens (including phenoxy) is 1. The van der Waals surface area contributed by atoms with Gasteiger partial charge in [0.25, 0.3) is 0 Å². The van der Waals surface area contributed by atoms with Gasteiger partial charge in [0.15, 0.2) is 0 Å². The first-order valence-electron chi connectivity index (χ1n) is 2.86. The van der Waals surface area contributed by atoms with Gasteiger partial charge in [-0.25, -0.2) is 0 Å². The van der Waals surface area contributed by atoms with Gasteiger partial charge in [-0.15, -0.1) is 5.92 Å². The average molecular weight is 126 g/mol. The van der Waals surface area contributed by atoms with Gasteiger partial charge in [0.05, 0.1) is 6.61 Å². The molecule has 0 unspecified atom stereocenters. The van der Waals surface area contributed by atoms with Crippen molar-refractivity contribution in [3.63, 3.8) is 0 Å². The molecule has 0 fully saturated rings. The van der Waals surface area contributed by atoms with E-state index in [1.807, 2.05) is 0 Å². The largest absolute Gasteiger partial charge is 0.465 e.